The average molecular weight is 368 g/mol. The molecule has 1 aromatic carbocycles. The van der Waals surface area contributed by atoms with E-state index in [1.807, 2.05) is 31.2 Å². The van der Waals surface area contributed by atoms with Crippen molar-refractivity contribution in [2.75, 3.05) is 31.5 Å². The van der Waals surface area contributed by atoms with Gasteiger partial charge in [-0.25, -0.2) is 0 Å². The SMILES string of the molecule is CC(=O)N1CCN(C(=O)c2cccn2CC(=O)Nc2ccc(C)cc2)CC1. The average Bonchev–Trinajstić information content (AvgIpc) is 3.11. The number of anilines is 1. The van der Waals surface area contributed by atoms with E-state index in [0.29, 0.717) is 31.9 Å². The molecule has 2 aromatic rings. The predicted octanol–water partition coefficient (Wildman–Crippen LogP) is 1.74. The number of aryl methyl sites for hydroxylation is 1. The molecule has 0 bridgehead atoms. The molecule has 0 saturated carbocycles. The predicted molar refractivity (Wildman–Crippen MR) is 102 cm³/mol. The van der Waals surface area contributed by atoms with Gasteiger partial charge in [0.25, 0.3) is 5.91 Å². The second-order valence-corrected chi connectivity index (χ2v) is 6.73. The van der Waals surface area contributed by atoms with Crippen LogP contribution in [0.2, 0.25) is 0 Å². The van der Waals surface area contributed by atoms with Crippen LogP contribution in [0.3, 0.4) is 0 Å². The van der Waals surface area contributed by atoms with Gasteiger partial charge < -0.3 is 19.7 Å². The summed E-state index contributed by atoms with van der Waals surface area (Å²) < 4.78 is 1.66. The number of hydrogen-bond acceptors (Lipinski definition) is 3. The van der Waals surface area contributed by atoms with E-state index in [-0.39, 0.29) is 24.3 Å². The fourth-order valence-electron chi connectivity index (χ4n) is 3.12. The van der Waals surface area contributed by atoms with Gasteiger partial charge in [-0.05, 0) is 31.2 Å². The number of benzene rings is 1. The van der Waals surface area contributed by atoms with Crippen LogP contribution in [-0.4, -0.2) is 58.3 Å². The van der Waals surface area contributed by atoms with Crippen LogP contribution in [-0.2, 0) is 16.1 Å². The summed E-state index contributed by atoms with van der Waals surface area (Å²) in [6, 6.07) is 11.0. The van der Waals surface area contributed by atoms with Gasteiger partial charge in [0.1, 0.15) is 12.2 Å². The standard InChI is InChI=1S/C20H24N4O3/c1-15-5-7-17(8-6-15)21-19(26)14-24-9-3-4-18(24)20(27)23-12-10-22(11-13-23)16(2)25/h3-9H,10-14H2,1-2H3,(H,21,26). The van der Waals surface area contributed by atoms with Crippen LogP contribution in [0.5, 0.6) is 0 Å². The number of rotatable bonds is 4. The summed E-state index contributed by atoms with van der Waals surface area (Å²) in [5, 5.41) is 2.84. The summed E-state index contributed by atoms with van der Waals surface area (Å²) in [6.07, 6.45) is 1.73. The zero-order valence-electron chi connectivity index (χ0n) is 15.6. The second kappa shape index (κ2) is 8.07. The lowest BCUT2D eigenvalue weighted by molar-refractivity contribution is -0.130. The monoisotopic (exact) mass is 368 g/mol. The first-order valence-electron chi connectivity index (χ1n) is 9.00. The Morgan fingerprint density at radius 3 is 2.22 bits per heavy atom. The summed E-state index contributed by atoms with van der Waals surface area (Å²) in [6.45, 7) is 5.66. The third-order valence-corrected chi connectivity index (χ3v) is 4.71. The molecule has 1 saturated heterocycles. The van der Waals surface area contributed by atoms with E-state index in [0.717, 1.165) is 11.3 Å². The van der Waals surface area contributed by atoms with Crippen molar-refractivity contribution >= 4 is 23.4 Å². The highest BCUT2D eigenvalue weighted by Crippen LogP contribution is 2.12. The molecule has 1 aliphatic rings. The summed E-state index contributed by atoms with van der Waals surface area (Å²) in [4.78, 5) is 40.0. The Morgan fingerprint density at radius 2 is 1.59 bits per heavy atom. The van der Waals surface area contributed by atoms with Crippen molar-refractivity contribution in [2.24, 2.45) is 0 Å². The number of nitrogens with zero attached hydrogens (tertiary/aromatic N) is 3. The highest BCUT2D eigenvalue weighted by atomic mass is 16.2. The molecule has 0 spiro atoms. The van der Waals surface area contributed by atoms with E-state index in [9.17, 15) is 14.4 Å². The normalized spacial score (nSPS) is 14.1. The number of amides is 3. The van der Waals surface area contributed by atoms with E-state index in [4.69, 9.17) is 0 Å². The molecular weight excluding hydrogens is 344 g/mol. The van der Waals surface area contributed by atoms with Gasteiger partial charge in [0, 0.05) is 45.0 Å². The third kappa shape index (κ3) is 4.55. The largest absolute Gasteiger partial charge is 0.339 e. The fraction of sp³-hybridized carbons (Fsp3) is 0.350. The molecule has 1 aromatic heterocycles. The molecular formula is C20H24N4O3. The van der Waals surface area contributed by atoms with Crippen LogP contribution >= 0.6 is 0 Å². The number of carbonyl (C=O) groups is 3. The van der Waals surface area contributed by atoms with Crippen LogP contribution in [0.25, 0.3) is 0 Å². The summed E-state index contributed by atoms with van der Waals surface area (Å²) in [7, 11) is 0. The maximum Gasteiger partial charge on any atom is 0.270 e. The van der Waals surface area contributed by atoms with E-state index in [2.05, 4.69) is 5.32 Å². The van der Waals surface area contributed by atoms with Gasteiger partial charge in [-0.2, -0.15) is 0 Å². The van der Waals surface area contributed by atoms with Crippen LogP contribution < -0.4 is 5.32 Å². The van der Waals surface area contributed by atoms with Gasteiger partial charge in [0.15, 0.2) is 0 Å². The van der Waals surface area contributed by atoms with E-state index in [1.165, 1.54) is 6.92 Å². The highest BCUT2D eigenvalue weighted by molar-refractivity contribution is 5.95. The van der Waals surface area contributed by atoms with Crippen LogP contribution in [0.4, 0.5) is 5.69 Å². The van der Waals surface area contributed by atoms with Crippen molar-refractivity contribution in [3.63, 3.8) is 0 Å². The number of piperazine rings is 1. The Bertz CT molecular complexity index is 833. The Hall–Kier alpha value is -3.09. The molecule has 0 atom stereocenters. The molecule has 0 radical (unpaired) electrons. The molecule has 0 unspecified atom stereocenters. The van der Waals surface area contributed by atoms with Crippen LogP contribution in [0.15, 0.2) is 42.6 Å². The first-order valence-corrected chi connectivity index (χ1v) is 9.00. The summed E-state index contributed by atoms with van der Waals surface area (Å²) >= 11 is 0. The molecule has 1 fully saturated rings. The molecule has 3 amide bonds. The molecule has 3 rings (SSSR count). The molecule has 7 nitrogen and oxygen atoms in total. The number of hydrogen-bond donors (Lipinski definition) is 1. The Kier molecular flexibility index (Phi) is 5.59. The fourth-order valence-corrected chi connectivity index (χ4v) is 3.12. The van der Waals surface area contributed by atoms with Gasteiger partial charge in [-0.3, -0.25) is 14.4 Å². The maximum atomic E-state index is 12.8. The lowest BCUT2D eigenvalue weighted by Gasteiger charge is -2.34. The molecule has 7 heteroatoms. The number of aromatic nitrogens is 1. The molecule has 1 aliphatic heterocycles. The topological polar surface area (TPSA) is 74.7 Å². The van der Waals surface area contributed by atoms with Gasteiger partial charge in [-0.1, -0.05) is 17.7 Å². The maximum absolute atomic E-state index is 12.8. The minimum Gasteiger partial charge on any atom is -0.339 e. The first-order chi connectivity index (χ1) is 12.9. The molecule has 0 aliphatic carbocycles. The second-order valence-electron chi connectivity index (χ2n) is 6.73. The van der Waals surface area contributed by atoms with Gasteiger partial charge in [0.2, 0.25) is 11.8 Å². The van der Waals surface area contributed by atoms with Crippen molar-refractivity contribution in [3.8, 4) is 0 Å². The van der Waals surface area contributed by atoms with E-state index >= 15 is 0 Å². The Balaban J connectivity index is 1.61. The Morgan fingerprint density at radius 1 is 0.963 bits per heavy atom. The molecule has 1 N–H and O–H groups in total. The zero-order chi connectivity index (χ0) is 19.4. The van der Waals surface area contributed by atoms with Crippen molar-refractivity contribution in [3.05, 3.63) is 53.9 Å². The lowest BCUT2D eigenvalue weighted by atomic mass is 10.2. The minimum atomic E-state index is -0.189. The third-order valence-electron chi connectivity index (χ3n) is 4.71. The smallest absolute Gasteiger partial charge is 0.270 e. The van der Waals surface area contributed by atoms with Gasteiger partial charge in [0.05, 0.1) is 0 Å². The van der Waals surface area contributed by atoms with E-state index in [1.54, 1.807) is 32.7 Å². The highest BCUT2D eigenvalue weighted by Gasteiger charge is 2.25. The lowest BCUT2D eigenvalue weighted by Crippen LogP contribution is -2.50. The summed E-state index contributed by atoms with van der Waals surface area (Å²) in [5.41, 5.74) is 2.33. The van der Waals surface area contributed by atoms with Crippen molar-refractivity contribution in [2.45, 2.75) is 20.4 Å². The summed E-state index contributed by atoms with van der Waals surface area (Å²) in [5.74, 6) is -0.282. The van der Waals surface area contributed by atoms with Crippen LogP contribution in [0, 0.1) is 6.92 Å². The van der Waals surface area contributed by atoms with Gasteiger partial charge >= 0.3 is 0 Å². The number of carbonyl (C=O) groups excluding carboxylic acids is 3. The zero-order valence-corrected chi connectivity index (χ0v) is 15.6. The number of nitrogens with one attached hydrogen (secondary N) is 1. The molecule has 142 valence electrons. The quantitative estimate of drug-likeness (QED) is 0.893. The van der Waals surface area contributed by atoms with Crippen molar-refractivity contribution in [1.29, 1.82) is 0 Å². The molecule has 2 heterocycles. The molecule has 27 heavy (non-hydrogen) atoms. The van der Waals surface area contributed by atoms with Crippen LogP contribution in [0.1, 0.15) is 23.0 Å². The van der Waals surface area contributed by atoms with Crippen molar-refractivity contribution in [1.82, 2.24) is 14.4 Å². The van der Waals surface area contributed by atoms with Gasteiger partial charge in [-0.15, -0.1) is 0 Å². The minimum absolute atomic E-state index is 0.0262. The Labute approximate surface area is 158 Å². The first kappa shape index (κ1) is 18.7. The van der Waals surface area contributed by atoms with E-state index < -0.39 is 0 Å². The van der Waals surface area contributed by atoms with Crippen molar-refractivity contribution < 1.29 is 14.4 Å².